The van der Waals surface area contributed by atoms with Crippen LogP contribution in [-0.4, -0.2) is 47.7 Å². The molecule has 0 bridgehead atoms. The first-order valence-electron chi connectivity index (χ1n) is 6.16. The van der Waals surface area contributed by atoms with Gasteiger partial charge in [-0.3, -0.25) is 10.1 Å². The Morgan fingerprint density at radius 2 is 1.71 bits per heavy atom. The lowest BCUT2D eigenvalue weighted by Crippen LogP contribution is -2.58. The number of hydrogen-bond donors (Lipinski definition) is 2. The number of carboxylic acid groups (broad SMARTS) is 1. The van der Waals surface area contributed by atoms with E-state index in [1.54, 1.807) is 6.92 Å². The third-order valence-electron chi connectivity index (χ3n) is 2.41. The molecule has 0 spiro atoms. The number of carbonyl (C=O) groups is 1. The first-order chi connectivity index (χ1) is 7.46. The van der Waals surface area contributed by atoms with Crippen LogP contribution in [0.4, 0.5) is 0 Å². The summed E-state index contributed by atoms with van der Waals surface area (Å²) in [6, 6.07) is 0.152. The quantitative estimate of drug-likeness (QED) is 0.748. The number of hydrogen-bond acceptors (Lipinski definition) is 3. The first kappa shape index (κ1) is 16.4. The van der Waals surface area contributed by atoms with Crippen LogP contribution < -0.4 is 5.32 Å². The zero-order chi connectivity index (χ0) is 13.9. The van der Waals surface area contributed by atoms with Gasteiger partial charge in [-0.1, -0.05) is 20.8 Å². The van der Waals surface area contributed by atoms with Crippen molar-refractivity contribution < 1.29 is 9.90 Å². The standard InChI is InChI=1S/C13H28N2O2/c1-10(2)14-13(6,11(16)17)9-15(7)8-12(3,4)5/h10,14H,8-9H2,1-7H3,(H,16,17). The second-order valence-electron chi connectivity index (χ2n) is 6.67. The Kier molecular flexibility index (Phi) is 5.62. The fourth-order valence-corrected chi connectivity index (χ4v) is 2.22. The molecule has 0 aromatic rings. The topological polar surface area (TPSA) is 52.6 Å². The third kappa shape index (κ3) is 6.64. The highest BCUT2D eigenvalue weighted by Crippen LogP contribution is 2.16. The van der Waals surface area contributed by atoms with E-state index < -0.39 is 11.5 Å². The molecule has 0 aliphatic rings. The van der Waals surface area contributed by atoms with E-state index in [0.29, 0.717) is 6.54 Å². The van der Waals surface area contributed by atoms with Gasteiger partial charge in [0.05, 0.1) is 0 Å². The molecular formula is C13H28N2O2. The SMILES string of the molecule is CC(C)NC(C)(CN(C)CC(C)(C)C)C(=O)O. The van der Waals surface area contributed by atoms with Crippen LogP contribution in [0, 0.1) is 5.41 Å². The molecule has 0 aromatic heterocycles. The van der Waals surface area contributed by atoms with Crippen LogP contribution in [0.2, 0.25) is 0 Å². The van der Waals surface area contributed by atoms with E-state index in [1.165, 1.54) is 0 Å². The summed E-state index contributed by atoms with van der Waals surface area (Å²) >= 11 is 0. The van der Waals surface area contributed by atoms with Gasteiger partial charge in [-0.2, -0.15) is 0 Å². The maximum Gasteiger partial charge on any atom is 0.324 e. The van der Waals surface area contributed by atoms with Gasteiger partial charge in [0.25, 0.3) is 0 Å². The molecule has 0 saturated heterocycles. The molecule has 4 heteroatoms. The molecule has 0 heterocycles. The second kappa shape index (κ2) is 5.83. The highest BCUT2D eigenvalue weighted by molar-refractivity contribution is 5.78. The molecule has 0 rings (SSSR count). The highest BCUT2D eigenvalue weighted by Gasteiger charge is 2.35. The molecule has 0 aromatic carbocycles. The van der Waals surface area contributed by atoms with Crippen molar-refractivity contribution in [3.05, 3.63) is 0 Å². The van der Waals surface area contributed by atoms with Gasteiger partial charge < -0.3 is 10.0 Å². The first-order valence-corrected chi connectivity index (χ1v) is 6.16. The molecule has 0 fully saturated rings. The van der Waals surface area contributed by atoms with Crippen LogP contribution in [0.25, 0.3) is 0 Å². The molecule has 0 aliphatic heterocycles. The van der Waals surface area contributed by atoms with E-state index in [-0.39, 0.29) is 11.5 Å². The number of rotatable bonds is 6. The number of nitrogens with one attached hydrogen (secondary N) is 1. The minimum atomic E-state index is -0.895. The summed E-state index contributed by atoms with van der Waals surface area (Å²) < 4.78 is 0. The van der Waals surface area contributed by atoms with Gasteiger partial charge in [-0.05, 0) is 33.2 Å². The lowest BCUT2D eigenvalue weighted by molar-refractivity contribution is -0.145. The van der Waals surface area contributed by atoms with Crippen LogP contribution in [0.5, 0.6) is 0 Å². The zero-order valence-electron chi connectivity index (χ0n) is 12.3. The fraction of sp³-hybridized carbons (Fsp3) is 0.923. The van der Waals surface area contributed by atoms with E-state index in [1.807, 2.05) is 20.9 Å². The molecule has 1 atom stereocenters. The smallest absolute Gasteiger partial charge is 0.324 e. The summed E-state index contributed by atoms with van der Waals surface area (Å²) in [5.74, 6) is -0.799. The van der Waals surface area contributed by atoms with Crippen molar-refractivity contribution in [1.29, 1.82) is 0 Å². The van der Waals surface area contributed by atoms with E-state index in [4.69, 9.17) is 0 Å². The van der Waals surface area contributed by atoms with Crippen LogP contribution in [0.15, 0.2) is 0 Å². The summed E-state index contributed by atoms with van der Waals surface area (Å²) in [4.78, 5) is 13.4. The zero-order valence-corrected chi connectivity index (χ0v) is 12.3. The minimum absolute atomic E-state index is 0.152. The van der Waals surface area contributed by atoms with Gasteiger partial charge in [-0.15, -0.1) is 0 Å². The molecule has 0 aliphatic carbocycles. The van der Waals surface area contributed by atoms with Crippen molar-refractivity contribution in [3.63, 3.8) is 0 Å². The normalized spacial score (nSPS) is 16.3. The number of carboxylic acids is 1. The van der Waals surface area contributed by atoms with Crippen molar-refractivity contribution in [2.75, 3.05) is 20.1 Å². The van der Waals surface area contributed by atoms with E-state index in [9.17, 15) is 9.90 Å². The average molecular weight is 244 g/mol. The second-order valence-corrected chi connectivity index (χ2v) is 6.67. The van der Waals surface area contributed by atoms with Crippen molar-refractivity contribution in [2.24, 2.45) is 5.41 Å². The average Bonchev–Trinajstić information content (AvgIpc) is 1.96. The molecule has 0 radical (unpaired) electrons. The minimum Gasteiger partial charge on any atom is -0.480 e. The fourth-order valence-electron chi connectivity index (χ4n) is 2.22. The summed E-state index contributed by atoms with van der Waals surface area (Å²) in [6.07, 6.45) is 0. The molecule has 0 saturated carbocycles. The van der Waals surface area contributed by atoms with Crippen LogP contribution in [-0.2, 0) is 4.79 Å². The Bertz CT molecular complexity index is 259. The Morgan fingerprint density at radius 3 is 2.00 bits per heavy atom. The molecular weight excluding hydrogens is 216 g/mol. The van der Waals surface area contributed by atoms with Gasteiger partial charge >= 0.3 is 5.97 Å². The number of likely N-dealkylation sites (N-methyl/N-ethyl adjacent to an activating group) is 1. The predicted molar refractivity (Wildman–Crippen MR) is 71.3 cm³/mol. The van der Waals surface area contributed by atoms with Crippen molar-refractivity contribution in [1.82, 2.24) is 10.2 Å². The largest absolute Gasteiger partial charge is 0.480 e. The summed E-state index contributed by atoms with van der Waals surface area (Å²) in [7, 11) is 1.97. The van der Waals surface area contributed by atoms with Crippen molar-refractivity contribution in [3.8, 4) is 0 Å². The van der Waals surface area contributed by atoms with Crippen LogP contribution in [0.1, 0.15) is 41.5 Å². The van der Waals surface area contributed by atoms with E-state index in [0.717, 1.165) is 6.54 Å². The highest BCUT2D eigenvalue weighted by atomic mass is 16.4. The lowest BCUT2D eigenvalue weighted by atomic mass is 9.94. The maximum absolute atomic E-state index is 11.4. The van der Waals surface area contributed by atoms with E-state index >= 15 is 0 Å². The maximum atomic E-state index is 11.4. The van der Waals surface area contributed by atoms with Gasteiger partial charge in [0.2, 0.25) is 0 Å². The van der Waals surface area contributed by atoms with Crippen LogP contribution in [0.3, 0.4) is 0 Å². The molecule has 17 heavy (non-hydrogen) atoms. The van der Waals surface area contributed by atoms with Crippen molar-refractivity contribution in [2.45, 2.75) is 53.1 Å². The van der Waals surface area contributed by atoms with Gasteiger partial charge in [0.1, 0.15) is 5.54 Å². The predicted octanol–water partition coefficient (Wildman–Crippen LogP) is 1.81. The van der Waals surface area contributed by atoms with Crippen LogP contribution >= 0.6 is 0 Å². The van der Waals surface area contributed by atoms with Crippen molar-refractivity contribution >= 4 is 5.97 Å². The Morgan fingerprint density at radius 1 is 1.24 bits per heavy atom. The number of nitrogens with zero attached hydrogens (tertiary/aromatic N) is 1. The molecule has 1 unspecified atom stereocenters. The Hall–Kier alpha value is -0.610. The molecule has 2 N–H and O–H groups in total. The van der Waals surface area contributed by atoms with Gasteiger partial charge in [0, 0.05) is 19.1 Å². The Labute approximate surface area is 105 Å². The number of aliphatic carboxylic acids is 1. The molecule has 4 nitrogen and oxygen atoms in total. The summed E-state index contributed by atoms with van der Waals surface area (Å²) in [5, 5.41) is 12.5. The van der Waals surface area contributed by atoms with E-state index in [2.05, 4.69) is 31.0 Å². The summed E-state index contributed by atoms with van der Waals surface area (Å²) in [6.45, 7) is 13.5. The Balaban J connectivity index is 4.60. The van der Waals surface area contributed by atoms with Gasteiger partial charge in [0.15, 0.2) is 0 Å². The van der Waals surface area contributed by atoms with Gasteiger partial charge in [-0.25, -0.2) is 0 Å². The lowest BCUT2D eigenvalue weighted by Gasteiger charge is -2.35. The summed E-state index contributed by atoms with van der Waals surface area (Å²) in [5.41, 5.74) is -0.722. The monoisotopic (exact) mass is 244 g/mol. The molecule has 102 valence electrons. The third-order valence-corrected chi connectivity index (χ3v) is 2.41. The molecule has 0 amide bonds.